The van der Waals surface area contributed by atoms with Crippen molar-refractivity contribution < 1.29 is 13.5 Å². The second-order valence-corrected chi connectivity index (χ2v) is 5.77. The molecule has 1 aliphatic heterocycles. The van der Waals surface area contributed by atoms with Crippen LogP contribution in [0.1, 0.15) is 22.3 Å². The number of fused-ring (bicyclic) bond motifs is 1. The van der Waals surface area contributed by atoms with Crippen LogP contribution in [0.2, 0.25) is 0 Å². The molecule has 0 saturated carbocycles. The van der Waals surface area contributed by atoms with Crippen LogP contribution in [0.25, 0.3) is 0 Å². The van der Waals surface area contributed by atoms with Gasteiger partial charge in [-0.05, 0) is 41.3 Å². The SMILES string of the molecule is Cc1cc(CN2Cc3ccccc3C2)cc(OCC(F)F)c1. The Morgan fingerprint density at radius 2 is 1.77 bits per heavy atom. The van der Waals surface area contributed by atoms with Crippen molar-refractivity contribution in [1.29, 1.82) is 0 Å². The van der Waals surface area contributed by atoms with Gasteiger partial charge in [0.15, 0.2) is 0 Å². The van der Waals surface area contributed by atoms with Gasteiger partial charge in [0.25, 0.3) is 6.43 Å². The Labute approximate surface area is 129 Å². The summed E-state index contributed by atoms with van der Waals surface area (Å²) in [5.74, 6) is 0.520. The first-order chi connectivity index (χ1) is 10.6. The number of halogens is 2. The molecule has 0 fully saturated rings. The molecule has 0 spiro atoms. The standard InChI is InChI=1S/C18H19F2NO/c1-13-6-14(8-17(7-13)22-12-18(19)20)9-21-10-15-4-2-3-5-16(15)11-21/h2-8,18H,9-12H2,1H3. The zero-order valence-corrected chi connectivity index (χ0v) is 12.6. The molecule has 116 valence electrons. The summed E-state index contributed by atoms with van der Waals surface area (Å²) in [4.78, 5) is 2.34. The van der Waals surface area contributed by atoms with E-state index in [1.165, 1.54) is 11.1 Å². The fourth-order valence-corrected chi connectivity index (χ4v) is 2.93. The molecular formula is C18H19F2NO. The number of hydrogen-bond acceptors (Lipinski definition) is 2. The average molecular weight is 303 g/mol. The molecule has 3 rings (SSSR count). The largest absolute Gasteiger partial charge is 0.488 e. The maximum absolute atomic E-state index is 12.3. The highest BCUT2D eigenvalue weighted by Gasteiger charge is 2.18. The van der Waals surface area contributed by atoms with Gasteiger partial charge in [-0.1, -0.05) is 30.3 Å². The third-order valence-corrected chi connectivity index (χ3v) is 3.80. The van der Waals surface area contributed by atoms with Gasteiger partial charge in [0.2, 0.25) is 0 Å². The Morgan fingerprint density at radius 1 is 1.09 bits per heavy atom. The maximum Gasteiger partial charge on any atom is 0.272 e. The monoisotopic (exact) mass is 303 g/mol. The minimum absolute atomic E-state index is 0.520. The van der Waals surface area contributed by atoms with Crippen molar-refractivity contribution in [3.8, 4) is 5.75 Å². The minimum Gasteiger partial charge on any atom is -0.488 e. The molecule has 0 N–H and O–H groups in total. The van der Waals surface area contributed by atoms with Crippen LogP contribution in [0.5, 0.6) is 5.75 Å². The van der Waals surface area contributed by atoms with E-state index in [1.807, 2.05) is 13.0 Å². The molecular weight excluding hydrogens is 284 g/mol. The number of alkyl halides is 2. The van der Waals surface area contributed by atoms with E-state index < -0.39 is 13.0 Å². The van der Waals surface area contributed by atoms with E-state index >= 15 is 0 Å². The summed E-state index contributed by atoms with van der Waals surface area (Å²) in [5.41, 5.74) is 4.85. The van der Waals surface area contributed by atoms with E-state index in [4.69, 9.17) is 4.74 Å². The van der Waals surface area contributed by atoms with Gasteiger partial charge in [0.1, 0.15) is 12.4 Å². The quantitative estimate of drug-likeness (QED) is 0.822. The lowest BCUT2D eigenvalue weighted by atomic mass is 10.1. The van der Waals surface area contributed by atoms with Gasteiger partial charge in [-0.25, -0.2) is 8.78 Å². The highest BCUT2D eigenvalue weighted by molar-refractivity contribution is 5.35. The fraction of sp³-hybridized carbons (Fsp3) is 0.333. The second kappa shape index (κ2) is 6.44. The van der Waals surface area contributed by atoms with Crippen molar-refractivity contribution in [2.45, 2.75) is 33.0 Å². The molecule has 0 aromatic heterocycles. The first-order valence-corrected chi connectivity index (χ1v) is 7.41. The van der Waals surface area contributed by atoms with Crippen LogP contribution in [-0.2, 0) is 19.6 Å². The summed E-state index contributed by atoms with van der Waals surface area (Å²) in [7, 11) is 0. The topological polar surface area (TPSA) is 12.5 Å². The lowest BCUT2D eigenvalue weighted by molar-refractivity contribution is 0.0818. The summed E-state index contributed by atoms with van der Waals surface area (Å²) in [5, 5.41) is 0. The predicted octanol–water partition coefficient (Wildman–Crippen LogP) is 4.15. The summed E-state index contributed by atoms with van der Waals surface area (Å²) >= 11 is 0. The van der Waals surface area contributed by atoms with E-state index in [1.54, 1.807) is 6.07 Å². The van der Waals surface area contributed by atoms with Gasteiger partial charge >= 0.3 is 0 Å². The van der Waals surface area contributed by atoms with E-state index in [-0.39, 0.29) is 0 Å². The first kappa shape index (κ1) is 15.0. The highest BCUT2D eigenvalue weighted by atomic mass is 19.3. The van der Waals surface area contributed by atoms with Gasteiger partial charge in [0, 0.05) is 19.6 Å². The lowest BCUT2D eigenvalue weighted by Crippen LogP contribution is -2.16. The second-order valence-electron chi connectivity index (χ2n) is 5.77. The normalized spacial score (nSPS) is 14.4. The van der Waals surface area contributed by atoms with Gasteiger partial charge in [-0.2, -0.15) is 0 Å². The Bertz CT molecular complexity index is 632. The number of rotatable bonds is 5. The van der Waals surface area contributed by atoms with E-state index in [9.17, 15) is 8.78 Å². The fourth-order valence-electron chi connectivity index (χ4n) is 2.93. The van der Waals surface area contributed by atoms with Crippen molar-refractivity contribution in [1.82, 2.24) is 4.90 Å². The van der Waals surface area contributed by atoms with Gasteiger partial charge in [-0.3, -0.25) is 4.90 Å². The van der Waals surface area contributed by atoms with Crippen molar-refractivity contribution >= 4 is 0 Å². The number of nitrogens with zero attached hydrogens (tertiary/aromatic N) is 1. The minimum atomic E-state index is -2.45. The van der Waals surface area contributed by atoms with Crippen molar-refractivity contribution in [3.63, 3.8) is 0 Å². The van der Waals surface area contributed by atoms with Gasteiger partial charge in [0.05, 0.1) is 0 Å². The lowest BCUT2D eigenvalue weighted by Gasteiger charge is -2.16. The third-order valence-electron chi connectivity index (χ3n) is 3.80. The van der Waals surface area contributed by atoms with Crippen LogP contribution in [0, 0.1) is 6.92 Å². The molecule has 2 nitrogen and oxygen atoms in total. The van der Waals surface area contributed by atoms with E-state index in [0.29, 0.717) is 5.75 Å². The molecule has 0 unspecified atom stereocenters. The summed E-state index contributed by atoms with van der Waals surface area (Å²) in [6, 6.07) is 14.2. The third kappa shape index (κ3) is 3.63. The molecule has 1 heterocycles. The number of aryl methyl sites for hydroxylation is 1. The molecule has 22 heavy (non-hydrogen) atoms. The van der Waals surface area contributed by atoms with Crippen LogP contribution in [0.3, 0.4) is 0 Å². The van der Waals surface area contributed by atoms with Crippen LogP contribution in [-0.4, -0.2) is 17.9 Å². The van der Waals surface area contributed by atoms with Crippen molar-refractivity contribution in [3.05, 3.63) is 64.7 Å². The molecule has 2 aromatic carbocycles. The predicted molar refractivity (Wildman–Crippen MR) is 82.1 cm³/mol. The molecule has 4 heteroatoms. The van der Waals surface area contributed by atoms with Crippen molar-refractivity contribution in [2.75, 3.05) is 6.61 Å². The molecule has 0 bridgehead atoms. The summed E-state index contributed by atoms with van der Waals surface area (Å²) in [6.45, 7) is 4.05. The van der Waals surface area contributed by atoms with E-state index in [0.717, 1.165) is 30.8 Å². The Hall–Kier alpha value is -1.94. The van der Waals surface area contributed by atoms with Crippen LogP contribution < -0.4 is 4.74 Å². The smallest absolute Gasteiger partial charge is 0.272 e. The Balaban J connectivity index is 1.68. The maximum atomic E-state index is 12.3. The van der Waals surface area contributed by atoms with Crippen LogP contribution >= 0.6 is 0 Å². The number of ether oxygens (including phenoxy) is 1. The van der Waals surface area contributed by atoms with Crippen LogP contribution in [0.4, 0.5) is 8.78 Å². The number of hydrogen-bond donors (Lipinski definition) is 0. The Kier molecular flexibility index (Phi) is 4.39. The van der Waals surface area contributed by atoms with Gasteiger partial charge in [-0.15, -0.1) is 0 Å². The highest BCUT2D eigenvalue weighted by Crippen LogP contribution is 2.25. The first-order valence-electron chi connectivity index (χ1n) is 7.41. The van der Waals surface area contributed by atoms with Crippen molar-refractivity contribution in [2.24, 2.45) is 0 Å². The van der Waals surface area contributed by atoms with Gasteiger partial charge < -0.3 is 4.74 Å². The molecule has 0 amide bonds. The molecule has 0 saturated heterocycles. The summed E-state index contributed by atoms with van der Waals surface area (Å²) < 4.78 is 29.7. The Morgan fingerprint density at radius 3 is 2.41 bits per heavy atom. The molecule has 0 aliphatic carbocycles. The zero-order chi connectivity index (χ0) is 15.5. The zero-order valence-electron chi connectivity index (χ0n) is 12.6. The number of benzene rings is 2. The average Bonchev–Trinajstić information content (AvgIpc) is 2.86. The molecule has 2 aromatic rings. The van der Waals surface area contributed by atoms with E-state index in [2.05, 4.69) is 35.2 Å². The molecule has 0 atom stereocenters. The molecule has 1 aliphatic rings. The molecule has 0 radical (unpaired) electrons. The van der Waals surface area contributed by atoms with Crippen LogP contribution in [0.15, 0.2) is 42.5 Å². The summed E-state index contributed by atoms with van der Waals surface area (Å²) in [6.07, 6.45) is -2.45.